The van der Waals surface area contributed by atoms with Crippen LogP contribution in [0.15, 0.2) is 0 Å². The Labute approximate surface area is 111 Å². The van der Waals surface area contributed by atoms with Crippen molar-refractivity contribution in [3.63, 3.8) is 0 Å². The van der Waals surface area contributed by atoms with Crippen LogP contribution in [0.2, 0.25) is 0 Å². The number of hydrogen-bond donors (Lipinski definition) is 1. The number of rotatable bonds is 4. The second kappa shape index (κ2) is 4.79. The largest absolute Gasteiger partial charge is 0.312 e. The van der Waals surface area contributed by atoms with Crippen LogP contribution in [-0.2, 0) is 0 Å². The Morgan fingerprint density at radius 2 is 1.89 bits per heavy atom. The van der Waals surface area contributed by atoms with Crippen LogP contribution in [0.5, 0.6) is 0 Å². The van der Waals surface area contributed by atoms with E-state index in [1.807, 2.05) is 0 Å². The fourth-order valence-electron chi connectivity index (χ4n) is 4.89. The minimum absolute atomic E-state index is 0.865. The van der Waals surface area contributed by atoms with Gasteiger partial charge in [0.05, 0.1) is 0 Å². The molecule has 2 heteroatoms. The first kappa shape index (κ1) is 11.7. The van der Waals surface area contributed by atoms with Crippen molar-refractivity contribution in [2.24, 2.45) is 11.8 Å². The third-order valence-electron chi connectivity index (χ3n) is 6.02. The van der Waals surface area contributed by atoms with E-state index in [0.29, 0.717) is 0 Å². The van der Waals surface area contributed by atoms with Gasteiger partial charge in [0.2, 0.25) is 0 Å². The van der Waals surface area contributed by atoms with Gasteiger partial charge in [-0.25, -0.2) is 0 Å². The molecule has 0 aromatic carbocycles. The highest BCUT2D eigenvalue weighted by atomic mass is 15.2. The van der Waals surface area contributed by atoms with Crippen LogP contribution in [0, 0.1) is 11.8 Å². The van der Waals surface area contributed by atoms with Crippen molar-refractivity contribution in [1.29, 1.82) is 0 Å². The van der Waals surface area contributed by atoms with Crippen LogP contribution < -0.4 is 5.32 Å². The minimum Gasteiger partial charge on any atom is -0.312 e. The normalized spacial score (nSPS) is 44.7. The molecule has 1 N–H and O–H groups in total. The van der Waals surface area contributed by atoms with Gasteiger partial charge in [0.1, 0.15) is 0 Å². The van der Waals surface area contributed by atoms with Gasteiger partial charge in [-0.15, -0.1) is 0 Å². The molecule has 0 aromatic rings. The predicted octanol–water partition coefficient (Wildman–Crippen LogP) is 2.78. The summed E-state index contributed by atoms with van der Waals surface area (Å²) < 4.78 is 0. The molecule has 3 saturated carbocycles. The molecule has 1 saturated heterocycles. The van der Waals surface area contributed by atoms with Crippen LogP contribution in [0.25, 0.3) is 0 Å². The maximum Gasteiger partial charge on any atom is 0.0223 e. The van der Waals surface area contributed by atoms with Gasteiger partial charge in [-0.05, 0) is 63.3 Å². The minimum atomic E-state index is 0.865. The second-order valence-corrected chi connectivity index (χ2v) is 7.31. The number of nitrogens with zero attached hydrogens (tertiary/aromatic N) is 1. The molecule has 4 fully saturated rings. The smallest absolute Gasteiger partial charge is 0.0223 e. The van der Waals surface area contributed by atoms with Crippen molar-refractivity contribution in [3.8, 4) is 0 Å². The van der Waals surface area contributed by atoms with Crippen molar-refractivity contribution in [2.75, 3.05) is 13.1 Å². The molecule has 102 valence electrons. The average molecular weight is 248 g/mol. The first-order valence-corrected chi connectivity index (χ1v) is 8.39. The molecular formula is C16H28N2. The van der Waals surface area contributed by atoms with Gasteiger partial charge in [-0.2, -0.15) is 0 Å². The zero-order chi connectivity index (χ0) is 11.9. The lowest BCUT2D eigenvalue weighted by Crippen LogP contribution is -2.52. The first-order chi connectivity index (χ1) is 8.90. The lowest BCUT2D eigenvalue weighted by Gasteiger charge is -2.43. The van der Waals surface area contributed by atoms with Gasteiger partial charge in [0, 0.05) is 24.7 Å². The Hall–Kier alpha value is -0.0800. The van der Waals surface area contributed by atoms with E-state index in [4.69, 9.17) is 0 Å². The zero-order valence-electron chi connectivity index (χ0n) is 11.6. The number of nitrogens with one attached hydrogen (secondary N) is 1. The summed E-state index contributed by atoms with van der Waals surface area (Å²) >= 11 is 0. The third-order valence-corrected chi connectivity index (χ3v) is 6.02. The van der Waals surface area contributed by atoms with E-state index >= 15 is 0 Å². The molecule has 1 aliphatic heterocycles. The van der Waals surface area contributed by atoms with E-state index in [0.717, 1.165) is 30.0 Å². The van der Waals surface area contributed by atoms with Gasteiger partial charge in [0.25, 0.3) is 0 Å². The molecule has 4 atom stereocenters. The highest BCUT2D eigenvalue weighted by molar-refractivity contribution is 4.98. The molecule has 2 bridgehead atoms. The lowest BCUT2D eigenvalue weighted by molar-refractivity contribution is 0.0626. The van der Waals surface area contributed by atoms with Crippen molar-refractivity contribution in [1.82, 2.24) is 10.2 Å². The molecule has 18 heavy (non-hydrogen) atoms. The van der Waals surface area contributed by atoms with E-state index in [-0.39, 0.29) is 0 Å². The van der Waals surface area contributed by atoms with Gasteiger partial charge in [0.15, 0.2) is 0 Å². The summed E-state index contributed by atoms with van der Waals surface area (Å²) in [6, 6.07) is 2.72. The fourth-order valence-corrected chi connectivity index (χ4v) is 4.89. The van der Waals surface area contributed by atoms with Crippen LogP contribution in [-0.4, -0.2) is 36.1 Å². The molecule has 3 aliphatic carbocycles. The van der Waals surface area contributed by atoms with E-state index in [1.54, 1.807) is 12.8 Å². The second-order valence-electron chi connectivity index (χ2n) is 7.31. The molecule has 4 rings (SSSR count). The summed E-state index contributed by atoms with van der Waals surface area (Å²) in [7, 11) is 0. The Morgan fingerprint density at radius 3 is 2.61 bits per heavy atom. The SMILES string of the molecule is C1CCN(C2CC3CCC2C3)C(CNC2CC2)C1. The maximum atomic E-state index is 3.78. The zero-order valence-corrected chi connectivity index (χ0v) is 11.6. The third kappa shape index (κ3) is 2.22. The predicted molar refractivity (Wildman–Crippen MR) is 74.6 cm³/mol. The van der Waals surface area contributed by atoms with Crippen LogP contribution in [0.3, 0.4) is 0 Å². The molecule has 4 unspecified atom stereocenters. The van der Waals surface area contributed by atoms with Gasteiger partial charge in [-0.3, -0.25) is 4.90 Å². The van der Waals surface area contributed by atoms with Crippen LogP contribution in [0.1, 0.15) is 57.8 Å². The van der Waals surface area contributed by atoms with Crippen molar-refractivity contribution in [3.05, 3.63) is 0 Å². The summed E-state index contributed by atoms with van der Waals surface area (Å²) in [4.78, 5) is 2.93. The standard InChI is InChI=1S/C16H28N2/c1-2-8-18(15(3-1)11-17-14-6-7-14)16-10-12-4-5-13(16)9-12/h12-17H,1-11H2. The summed E-state index contributed by atoms with van der Waals surface area (Å²) in [5.74, 6) is 2.16. The van der Waals surface area contributed by atoms with E-state index < -0.39 is 0 Å². The number of fused-ring (bicyclic) bond motifs is 2. The van der Waals surface area contributed by atoms with Crippen molar-refractivity contribution in [2.45, 2.75) is 75.9 Å². The van der Waals surface area contributed by atoms with Crippen molar-refractivity contribution < 1.29 is 0 Å². The Morgan fingerprint density at radius 1 is 0.944 bits per heavy atom. The fraction of sp³-hybridized carbons (Fsp3) is 1.00. The first-order valence-electron chi connectivity index (χ1n) is 8.39. The summed E-state index contributed by atoms with van der Waals surface area (Å²) in [5.41, 5.74) is 0. The maximum absolute atomic E-state index is 3.78. The monoisotopic (exact) mass is 248 g/mol. The van der Waals surface area contributed by atoms with Gasteiger partial charge < -0.3 is 5.32 Å². The van der Waals surface area contributed by atoms with Crippen LogP contribution >= 0.6 is 0 Å². The van der Waals surface area contributed by atoms with E-state index in [1.165, 1.54) is 58.0 Å². The Balaban J connectivity index is 1.39. The van der Waals surface area contributed by atoms with Crippen LogP contribution in [0.4, 0.5) is 0 Å². The molecule has 0 spiro atoms. The van der Waals surface area contributed by atoms with E-state index in [2.05, 4.69) is 10.2 Å². The molecule has 0 amide bonds. The van der Waals surface area contributed by atoms with Crippen molar-refractivity contribution >= 4 is 0 Å². The molecule has 1 heterocycles. The molecule has 4 aliphatic rings. The number of hydrogen-bond acceptors (Lipinski definition) is 2. The number of piperidine rings is 1. The highest BCUT2D eigenvalue weighted by Gasteiger charge is 2.44. The molecule has 2 nitrogen and oxygen atoms in total. The molecule has 0 radical (unpaired) electrons. The lowest BCUT2D eigenvalue weighted by atomic mass is 9.90. The average Bonchev–Trinajstić information content (AvgIpc) is 3.00. The summed E-state index contributed by atoms with van der Waals surface area (Å²) in [6.07, 6.45) is 13.4. The quantitative estimate of drug-likeness (QED) is 0.823. The van der Waals surface area contributed by atoms with Gasteiger partial charge in [-0.1, -0.05) is 12.8 Å². The summed E-state index contributed by atoms with van der Waals surface area (Å²) in [5, 5.41) is 3.78. The van der Waals surface area contributed by atoms with E-state index in [9.17, 15) is 0 Å². The summed E-state index contributed by atoms with van der Waals surface area (Å²) in [6.45, 7) is 2.67. The number of likely N-dealkylation sites (tertiary alicyclic amines) is 1. The van der Waals surface area contributed by atoms with Gasteiger partial charge >= 0.3 is 0 Å². The molecule has 0 aromatic heterocycles. The Kier molecular flexibility index (Phi) is 3.12. The highest BCUT2D eigenvalue weighted by Crippen LogP contribution is 2.47. The topological polar surface area (TPSA) is 15.3 Å². The molecular weight excluding hydrogens is 220 g/mol. The Bertz CT molecular complexity index is 299.